The van der Waals surface area contributed by atoms with E-state index in [9.17, 15) is 0 Å². The fourth-order valence-corrected chi connectivity index (χ4v) is 0.707. The molecule has 0 aliphatic rings. The molecular weight excluding hydrogens is 92.1 g/mol. The Morgan fingerprint density at radius 3 is 2.17 bits per heavy atom. The van der Waals surface area contributed by atoms with E-state index in [0.717, 1.165) is 0 Å². The van der Waals surface area contributed by atoms with Crippen LogP contribution < -0.4 is 0 Å². The van der Waals surface area contributed by atoms with Crippen molar-refractivity contribution < 1.29 is 0 Å². The Kier molecular flexibility index (Phi) is 3.34. The molecule has 0 radical (unpaired) electrons. The van der Waals surface area contributed by atoms with Gasteiger partial charge in [0.2, 0.25) is 0 Å². The summed E-state index contributed by atoms with van der Waals surface area (Å²) >= 11 is 0. The van der Waals surface area contributed by atoms with E-state index < -0.39 is 0 Å². The maximum Gasteiger partial charge on any atom is 0.125 e. The second kappa shape index (κ2) is 3.29. The van der Waals surface area contributed by atoms with Crippen LogP contribution in [0.2, 0.25) is 0 Å². The second-order valence-corrected chi connectivity index (χ2v) is 3.75. The summed E-state index contributed by atoms with van der Waals surface area (Å²) in [5, 5.41) is 0. The summed E-state index contributed by atoms with van der Waals surface area (Å²) in [7, 11) is 0.566. The number of hydrogen-bond acceptors (Lipinski definition) is 0. The Bertz CT molecular complexity index is 39.2. The topological polar surface area (TPSA) is 0 Å². The number of rotatable bonds is 2. The minimum Gasteiger partial charge on any atom is -0.0985 e. The molecule has 0 atom stereocenters. The van der Waals surface area contributed by atoms with Crippen molar-refractivity contribution >= 4 is 10.9 Å². The first kappa shape index (κ1) is 6.09. The molecule has 0 aromatic heterocycles. The maximum atomic E-state index is 3.61. The third-order valence-electron chi connectivity index (χ3n) is 0.451. The van der Waals surface area contributed by atoms with Crippen molar-refractivity contribution in [2.75, 3.05) is 18.3 Å². The summed E-state index contributed by atoms with van der Waals surface area (Å²) < 4.78 is 0. The molecule has 0 aliphatic carbocycles. The SMILES string of the molecule is C=CC[S+](C)C. The molecule has 0 unspecified atom stereocenters. The zero-order chi connectivity index (χ0) is 4.99. The van der Waals surface area contributed by atoms with Crippen LogP contribution in [0.25, 0.3) is 0 Å². The lowest BCUT2D eigenvalue weighted by atomic mass is 10.8. The van der Waals surface area contributed by atoms with Crippen molar-refractivity contribution in [3.8, 4) is 0 Å². The van der Waals surface area contributed by atoms with Crippen molar-refractivity contribution in [2.24, 2.45) is 0 Å². The Morgan fingerprint density at radius 1 is 1.67 bits per heavy atom. The molecule has 0 saturated heterocycles. The van der Waals surface area contributed by atoms with Gasteiger partial charge in [-0.05, 0) is 17.0 Å². The van der Waals surface area contributed by atoms with E-state index in [-0.39, 0.29) is 0 Å². The molecule has 0 bridgehead atoms. The monoisotopic (exact) mass is 103 g/mol. The first-order valence-electron chi connectivity index (χ1n) is 1.92. The molecule has 0 amide bonds. The quantitative estimate of drug-likeness (QED) is 0.362. The van der Waals surface area contributed by atoms with Gasteiger partial charge >= 0.3 is 0 Å². The van der Waals surface area contributed by atoms with Crippen LogP contribution in [0.15, 0.2) is 12.7 Å². The summed E-state index contributed by atoms with van der Waals surface area (Å²) in [5.74, 6) is 1.17. The molecule has 0 N–H and O–H groups in total. The van der Waals surface area contributed by atoms with Gasteiger partial charge in [-0.3, -0.25) is 0 Å². The minimum atomic E-state index is 0.566. The van der Waals surface area contributed by atoms with Crippen LogP contribution in [0, 0.1) is 0 Å². The molecule has 0 rings (SSSR count). The van der Waals surface area contributed by atoms with Crippen LogP contribution in [0.1, 0.15) is 0 Å². The first-order chi connectivity index (χ1) is 2.77. The summed E-state index contributed by atoms with van der Waals surface area (Å²) in [6.45, 7) is 3.61. The van der Waals surface area contributed by atoms with Gasteiger partial charge in [0, 0.05) is 0 Å². The van der Waals surface area contributed by atoms with E-state index in [1.165, 1.54) is 5.75 Å². The van der Waals surface area contributed by atoms with E-state index >= 15 is 0 Å². The Labute approximate surface area is 42.6 Å². The fourth-order valence-electron chi connectivity index (χ4n) is 0.236. The summed E-state index contributed by atoms with van der Waals surface area (Å²) in [5.41, 5.74) is 0. The molecule has 0 aromatic rings. The highest BCUT2D eigenvalue weighted by Gasteiger charge is 1.92. The van der Waals surface area contributed by atoms with Crippen molar-refractivity contribution in [3.63, 3.8) is 0 Å². The average molecular weight is 103 g/mol. The smallest absolute Gasteiger partial charge is 0.0985 e. The second-order valence-electron chi connectivity index (χ2n) is 1.44. The Hall–Kier alpha value is 0.0900. The van der Waals surface area contributed by atoms with Crippen molar-refractivity contribution in [1.29, 1.82) is 0 Å². The van der Waals surface area contributed by atoms with Crippen LogP contribution >= 0.6 is 0 Å². The van der Waals surface area contributed by atoms with Gasteiger partial charge in [-0.2, -0.15) is 0 Å². The standard InChI is InChI=1S/C5H11S/c1-4-5-6(2)3/h4H,1,5H2,2-3H3/q+1. The zero-order valence-electron chi connectivity index (χ0n) is 4.40. The average Bonchev–Trinajstić information content (AvgIpc) is 1.35. The van der Waals surface area contributed by atoms with Gasteiger partial charge in [0.25, 0.3) is 0 Å². The minimum absolute atomic E-state index is 0.566. The molecule has 1 heteroatoms. The lowest BCUT2D eigenvalue weighted by molar-refractivity contribution is 1.78. The van der Waals surface area contributed by atoms with Gasteiger partial charge in [-0.1, -0.05) is 6.58 Å². The molecule has 6 heavy (non-hydrogen) atoms. The molecular formula is C5H11S+. The third kappa shape index (κ3) is 4.09. The van der Waals surface area contributed by atoms with Gasteiger partial charge in [0.1, 0.15) is 5.75 Å². The predicted octanol–water partition coefficient (Wildman–Crippen LogP) is 1.05. The van der Waals surface area contributed by atoms with E-state index in [2.05, 4.69) is 19.1 Å². The van der Waals surface area contributed by atoms with Gasteiger partial charge in [0.05, 0.1) is 12.5 Å². The molecule has 0 aliphatic heterocycles. The third-order valence-corrected chi connectivity index (χ3v) is 1.35. The highest BCUT2D eigenvalue weighted by atomic mass is 32.2. The Morgan fingerprint density at radius 2 is 2.17 bits per heavy atom. The first-order valence-corrected chi connectivity index (χ1v) is 4.13. The van der Waals surface area contributed by atoms with Gasteiger partial charge in [-0.15, -0.1) is 0 Å². The fraction of sp³-hybridized carbons (Fsp3) is 0.600. The van der Waals surface area contributed by atoms with E-state index in [1.54, 1.807) is 0 Å². The highest BCUT2D eigenvalue weighted by Crippen LogP contribution is 1.80. The zero-order valence-corrected chi connectivity index (χ0v) is 5.22. The maximum absolute atomic E-state index is 3.61. The van der Waals surface area contributed by atoms with E-state index in [4.69, 9.17) is 0 Å². The Balaban J connectivity index is 2.81. The van der Waals surface area contributed by atoms with Crippen molar-refractivity contribution in [3.05, 3.63) is 12.7 Å². The number of hydrogen-bond donors (Lipinski definition) is 0. The van der Waals surface area contributed by atoms with Crippen LogP contribution in [0.3, 0.4) is 0 Å². The molecule has 0 heterocycles. The van der Waals surface area contributed by atoms with Gasteiger partial charge in [-0.25, -0.2) is 0 Å². The largest absolute Gasteiger partial charge is 0.125 e. The van der Waals surface area contributed by atoms with Gasteiger partial charge in [0.15, 0.2) is 0 Å². The van der Waals surface area contributed by atoms with E-state index in [1.807, 2.05) is 6.08 Å². The van der Waals surface area contributed by atoms with Crippen LogP contribution in [0.5, 0.6) is 0 Å². The van der Waals surface area contributed by atoms with Crippen LogP contribution in [-0.4, -0.2) is 18.3 Å². The summed E-state index contributed by atoms with van der Waals surface area (Å²) in [6.07, 6.45) is 6.38. The van der Waals surface area contributed by atoms with Crippen molar-refractivity contribution in [1.82, 2.24) is 0 Å². The predicted molar refractivity (Wildman–Crippen MR) is 34.3 cm³/mol. The van der Waals surface area contributed by atoms with Gasteiger partial charge < -0.3 is 0 Å². The molecule has 0 saturated carbocycles. The normalized spacial score (nSPS) is 9.17. The molecule has 0 spiro atoms. The highest BCUT2D eigenvalue weighted by molar-refractivity contribution is 7.95. The lowest BCUT2D eigenvalue weighted by Gasteiger charge is -1.83. The van der Waals surface area contributed by atoms with E-state index in [0.29, 0.717) is 10.9 Å². The lowest BCUT2D eigenvalue weighted by Crippen LogP contribution is -1.96. The van der Waals surface area contributed by atoms with Crippen molar-refractivity contribution in [2.45, 2.75) is 0 Å². The summed E-state index contributed by atoms with van der Waals surface area (Å²) in [6, 6.07) is 0. The molecule has 0 aromatic carbocycles. The van der Waals surface area contributed by atoms with Crippen LogP contribution in [0.4, 0.5) is 0 Å². The van der Waals surface area contributed by atoms with Crippen LogP contribution in [-0.2, 0) is 10.9 Å². The molecule has 36 valence electrons. The molecule has 0 fully saturated rings. The molecule has 0 nitrogen and oxygen atoms in total. The summed E-state index contributed by atoms with van der Waals surface area (Å²) in [4.78, 5) is 0.